The van der Waals surface area contributed by atoms with E-state index in [0.717, 1.165) is 24.2 Å². The number of ether oxygens (including phenoxy) is 1. The van der Waals surface area contributed by atoms with E-state index in [1.165, 1.54) is 20.0 Å². The van der Waals surface area contributed by atoms with Crippen molar-refractivity contribution in [1.82, 2.24) is 10.6 Å². The number of methoxy groups -OCH3 is 1. The molecular weight excluding hydrogens is 316 g/mol. The van der Waals surface area contributed by atoms with Gasteiger partial charge in [-0.15, -0.1) is 0 Å². The van der Waals surface area contributed by atoms with E-state index in [2.05, 4.69) is 20.7 Å². The topological polar surface area (TPSA) is 86.2 Å². The van der Waals surface area contributed by atoms with Crippen LogP contribution in [0.1, 0.15) is 32.6 Å². The first-order valence-electron chi connectivity index (χ1n) is 8.77. The van der Waals surface area contributed by atoms with E-state index in [-0.39, 0.29) is 6.04 Å². The lowest BCUT2D eigenvalue weighted by atomic mass is 10.1. The summed E-state index contributed by atoms with van der Waals surface area (Å²) in [6, 6.07) is 10.5. The number of nitrogens with one attached hydrogen (secondary N) is 4. The van der Waals surface area contributed by atoms with Crippen molar-refractivity contribution in [3.8, 4) is 0 Å². The summed E-state index contributed by atoms with van der Waals surface area (Å²) in [5.74, 6) is 0. The Morgan fingerprint density at radius 3 is 2.72 bits per heavy atom. The molecule has 0 aliphatic heterocycles. The molecule has 1 aliphatic rings. The maximum atomic E-state index is 11.1. The minimum Gasteiger partial charge on any atom is -0.453 e. The molecule has 0 heterocycles. The van der Waals surface area contributed by atoms with Crippen LogP contribution in [0.4, 0.5) is 10.5 Å². The first kappa shape index (κ1) is 19.0. The van der Waals surface area contributed by atoms with Gasteiger partial charge in [0.05, 0.1) is 7.11 Å². The maximum absolute atomic E-state index is 11.1. The van der Waals surface area contributed by atoms with Crippen LogP contribution < -0.4 is 16.0 Å². The van der Waals surface area contributed by atoms with Gasteiger partial charge in [-0.3, -0.25) is 0 Å². The second kappa shape index (κ2) is 9.84. The first-order chi connectivity index (χ1) is 12.1. The van der Waals surface area contributed by atoms with E-state index in [1.807, 2.05) is 43.3 Å². The van der Waals surface area contributed by atoms with Gasteiger partial charge in [0.25, 0.3) is 0 Å². The van der Waals surface area contributed by atoms with Crippen molar-refractivity contribution >= 4 is 17.5 Å². The van der Waals surface area contributed by atoms with E-state index in [1.54, 1.807) is 0 Å². The molecule has 0 radical (unpaired) electrons. The van der Waals surface area contributed by atoms with E-state index in [4.69, 9.17) is 5.41 Å². The number of anilines is 1. The average Bonchev–Trinajstić information content (AvgIpc) is 3.43. The second-order valence-electron chi connectivity index (χ2n) is 6.30. The number of carbonyl (C=O) groups excluding carboxylic acids is 1. The molecule has 1 atom stereocenters. The van der Waals surface area contributed by atoms with Crippen LogP contribution in [0.25, 0.3) is 0 Å². The summed E-state index contributed by atoms with van der Waals surface area (Å²) < 4.78 is 4.57. The third-order valence-corrected chi connectivity index (χ3v) is 4.02. The molecular formula is C19H28N4O2. The van der Waals surface area contributed by atoms with Crippen molar-refractivity contribution in [3.63, 3.8) is 0 Å². The quantitative estimate of drug-likeness (QED) is 0.387. The number of alkyl carbamates (subject to hydrolysis) is 1. The van der Waals surface area contributed by atoms with Crippen molar-refractivity contribution in [2.45, 2.75) is 44.7 Å². The smallest absolute Gasteiger partial charge is 0.406 e. The monoisotopic (exact) mass is 344 g/mol. The van der Waals surface area contributed by atoms with Crippen molar-refractivity contribution < 1.29 is 9.53 Å². The number of para-hydroxylation sites is 1. The molecule has 0 spiro atoms. The summed E-state index contributed by atoms with van der Waals surface area (Å²) in [5, 5.41) is 17.8. The molecule has 0 unspecified atom stereocenters. The van der Waals surface area contributed by atoms with Crippen LogP contribution in [-0.2, 0) is 4.74 Å². The van der Waals surface area contributed by atoms with Gasteiger partial charge in [-0.1, -0.05) is 18.2 Å². The van der Waals surface area contributed by atoms with Gasteiger partial charge in [0, 0.05) is 35.7 Å². The zero-order valence-corrected chi connectivity index (χ0v) is 15.0. The average molecular weight is 344 g/mol. The molecule has 136 valence electrons. The number of hydrogen-bond donors (Lipinski definition) is 4. The summed E-state index contributed by atoms with van der Waals surface area (Å²) in [6.45, 7) is 2.56. The molecule has 1 aliphatic carbocycles. The number of amides is 1. The Morgan fingerprint density at radius 1 is 1.36 bits per heavy atom. The third kappa shape index (κ3) is 7.39. The predicted molar refractivity (Wildman–Crippen MR) is 101 cm³/mol. The van der Waals surface area contributed by atoms with Crippen LogP contribution in [0.2, 0.25) is 0 Å². The summed E-state index contributed by atoms with van der Waals surface area (Å²) in [5.41, 5.74) is 2.52. The van der Waals surface area contributed by atoms with Gasteiger partial charge in [-0.25, -0.2) is 4.79 Å². The number of hydrogen-bond acceptors (Lipinski definition) is 5. The molecule has 1 amide bonds. The molecule has 1 aromatic rings. The maximum Gasteiger partial charge on any atom is 0.406 e. The lowest BCUT2D eigenvalue weighted by Gasteiger charge is -2.16. The molecule has 25 heavy (non-hydrogen) atoms. The highest BCUT2D eigenvalue weighted by Crippen LogP contribution is 2.20. The van der Waals surface area contributed by atoms with Gasteiger partial charge < -0.3 is 26.1 Å². The normalized spacial score (nSPS) is 15.4. The van der Waals surface area contributed by atoms with Crippen LogP contribution in [0, 0.1) is 5.41 Å². The number of benzene rings is 1. The van der Waals surface area contributed by atoms with E-state index in [0.29, 0.717) is 18.3 Å². The molecule has 4 N–H and O–H groups in total. The van der Waals surface area contributed by atoms with Crippen molar-refractivity contribution in [2.75, 3.05) is 19.0 Å². The van der Waals surface area contributed by atoms with Crippen LogP contribution >= 0.6 is 0 Å². The van der Waals surface area contributed by atoms with E-state index >= 15 is 0 Å². The van der Waals surface area contributed by atoms with E-state index in [9.17, 15) is 4.79 Å². The minimum atomic E-state index is -0.420. The zero-order chi connectivity index (χ0) is 18.1. The second-order valence-corrected chi connectivity index (χ2v) is 6.30. The summed E-state index contributed by atoms with van der Waals surface area (Å²) in [4.78, 5) is 11.1. The lowest BCUT2D eigenvalue weighted by Crippen LogP contribution is -2.34. The molecule has 6 heteroatoms. The standard InChI is InChI=1S/C19H28N4O2/c1-14(22-16-10-11-16)18(20)13-17(9-6-12-21-19(24)25-2)23-15-7-4-3-5-8-15/h3-5,7-8,13-14,16,20,22-23H,6,9-12H2,1-2H3,(H,21,24)/b17-13-,20-18?/t14-/m1/s1. The first-order valence-corrected chi connectivity index (χ1v) is 8.77. The van der Waals surface area contributed by atoms with Crippen LogP contribution in [0.15, 0.2) is 42.1 Å². The Bertz CT molecular complexity index is 597. The molecule has 0 bridgehead atoms. The predicted octanol–water partition coefficient (Wildman–Crippen LogP) is 3.28. The highest BCUT2D eigenvalue weighted by atomic mass is 16.5. The van der Waals surface area contributed by atoms with Gasteiger partial charge in [0.1, 0.15) is 0 Å². The SMILES string of the molecule is COC(=O)NCCC/C(=C/C(=N)[C@@H](C)NC1CC1)Nc1ccccc1. The van der Waals surface area contributed by atoms with Gasteiger partial charge in [-0.2, -0.15) is 0 Å². The fourth-order valence-corrected chi connectivity index (χ4v) is 2.43. The highest BCUT2D eigenvalue weighted by Gasteiger charge is 2.23. The van der Waals surface area contributed by atoms with Crippen LogP contribution in [0.3, 0.4) is 0 Å². The molecule has 1 fully saturated rings. The van der Waals surface area contributed by atoms with Crippen LogP contribution in [0.5, 0.6) is 0 Å². The summed E-state index contributed by atoms with van der Waals surface area (Å²) in [6.07, 6.45) is 5.38. The molecule has 1 saturated carbocycles. The Balaban J connectivity index is 1.93. The number of allylic oxidation sites excluding steroid dienone is 1. The Morgan fingerprint density at radius 2 is 2.08 bits per heavy atom. The van der Waals surface area contributed by atoms with Gasteiger partial charge in [-0.05, 0) is 50.8 Å². The molecule has 1 aromatic carbocycles. The Hall–Kier alpha value is -2.34. The molecule has 6 nitrogen and oxygen atoms in total. The van der Waals surface area contributed by atoms with Gasteiger partial charge in [0.2, 0.25) is 0 Å². The number of carbonyl (C=O) groups is 1. The van der Waals surface area contributed by atoms with Crippen LogP contribution in [-0.4, -0.2) is 37.5 Å². The fourth-order valence-electron chi connectivity index (χ4n) is 2.43. The third-order valence-electron chi connectivity index (χ3n) is 4.02. The number of rotatable bonds is 10. The van der Waals surface area contributed by atoms with Crippen molar-refractivity contribution in [1.29, 1.82) is 5.41 Å². The highest BCUT2D eigenvalue weighted by molar-refractivity contribution is 5.97. The zero-order valence-electron chi connectivity index (χ0n) is 15.0. The van der Waals surface area contributed by atoms with E-state index < -0.39 is 6.09 Å². The Kier molecular flexibility index (Phi) is 7.47. The molecule has 2 rings (SSSR count). The molecule has 0 saturated heterocycles. The van der Waals surface area contributed by atoms with Gasteiger partial charge >= 0.3 is 6.09 Å². The fraction of sp³-hybridized carbons (Fsp3) is 0.474. The summed E-state index contributed by atoms with van der Waals surface area (Å²) in [7, 11) is 1.35. The minimum absolute atomic E-state index is 0.0354. The van der Waals surface area contributed by atoms with Gasteiger partial charge in [0.15, 0.2) is 0 Å². The lowest BCUT2D eigenvalue weighted by molar-refractivity contribution is 0.171. The Labute approximate surface area is 149 Å². The van der Waals surface area contributed by atoms with Crippen molar-refractivity contribution in [2.24, 2.45) is 0 Å². The molecule has 0 aromatic heterocycles. The summed E-state index contributed by atoms with van der Waals surface area (Å²) >= 11 is 0. The van der Waals surface area contributed by atoms with Crippen molar-refractivity contribution in [3.05, 3.63) is 42.1 Å². The largest absolute Gasteiger partial charge is 0.453 e.